The van der Waals surface area contributed by atoms with Gasteiger partial charge in [-0.05, 0) is 33.4 Å². The summed E-state index contributed by atoms with van der Waals surface area (Å²) in [4.78, 5) is 0. The number of hydrogen-bond acceptors (Lipinski definition) is 5. The minimum absolute atomic E-state index is 0.602. The predicted molar refractivity (Wildman–Crippen MR) is 75.9 cm³/mol. The molecule has 110 valence electrons. The van der Waals surface area contributed by atoms with Crippen LogP contribution in [-0.2, 0) is 22.1 Å². The lowest BCUT2D eigenvalue weighted by Gasteiger charge is -2.31. The fraction of sp³-hybridized carbons (Fsp3) is 1.00. The summed E-state index contributed by atoms with van der Waals surface area (Å²) >= 11 is 0. The lowest BCUT2D eigenvalue weighted by atomic mass is 10.9. The molecule has 18 heavy (non-hydrogen) atoms. The summed E-state index contributed by atoms with van der Waals surface area (Å²) in [5, 5.41) is 0. The minimum atomic E-state index is -2.56. The highest BCUT2D eigenvalue weighted by molar-refractivity contribution is 6.69. The Morgan fingerprint density at radius 3 is 1.39 bits per heavy atom. The molecular weight excluding hydrogens is 268 g/mol. The monoisotopic (exact) mass is 296 g/mol. The van der Waals surface area contributed by atoms with E-state index in [1.165, 1.54) is 0 Å². The lowest BCUT2D eigenvalue weighted by molar-refractivity contribution is 0.0716. The Hall–Kier alpha value is 0.234. The van der Waals surface area contributed by atoms with Crippen molar-refractivity contribution in [2.75, 3.05) is 34.0 Å². The third kappa shape index (κ3) is 5.92. The van der Waals surface area contributed by atoms with Crippen LogP contribution in [0.3, 0.4) is 0 Å². The fourth-order valence-corrected chi connectivity index (χ4v) is 7.29. The molecule has 0 saturated carbocycles. The van der Waals surface area contributed by atoms with Gasteiger partial charge in [-0.15, -0.1) is 0 Å². The average molecular weight is 297 g/mol. The Morgan fingerprint density at radius 2 is 1.11 bits per heavy atom. The molecule has 0 aliphatic carbocycles. The van der Waals surface area contributed by atoms with Gasteiger partial charge < -0.3 is 22.1 Å². The summed E-state index contributed by atoms with van der Waals surface area (Å²) in [6, 6.07) is 1.55. The summed E-state index contributed by atoms with van der Waals surface area (Å²) in [7, 11) is -1.27. The van der Waals surface area contributed by atoms with Crippen LogP contribution >= 0.6 is 0 Å². The molecule has 0 saturated heterocycles. The molecule has 0 fully saturated rings. The van der Waals surface area contributed by atoms with Gasteiger partial charge in [-0.2, -0.15) is 0 Å². The molecule has 0 unspecified atom stereocenters. The normalized spacial score (nSPS) is 13.0. The zero-order chi connectivity index (χ0) is 14.1. The van der Waals surface area contributed by atoms with Crippen molar-refractivity contribution < 1.29 is 22.1 Å². The molecule has 7 heteroatoms. The van der Waals surface area contributed by atoms with E-state index in [0.29, 0.717) is 19.8 Å². The van der Waals surface area contributed by atoms with Gasteiger partial charge in [-0.25, -0.2) is 0 Å². The Morgan fingerprint density at radius 1 is 0.722 bits per heavy atom. The average Bonchev–Trinajstić information content (AvgIpc) is 2.37. The second kappa shape index (κ2) is 9.19. The van der Waals surface area contributed by atoms with Crippen LogP contribution in [0.25, 0.3) is 0 Å². The summed E-state index contributed by atoms with van der Waals surface area (Å²) in [6.45, 7) is 9.73. The van der Waals surface area contributed by atoms with Crippen molar-refractivity contribution in [3.05, 3.63) is 0 Å². The minimum Gasteiger partial charge on any atom is -0.398 e. The van der Waals surface area contributed by atoms with E-state index in [2.05, 4.69) is 0 Å². The molecule has 0 radical (unpaired) electrons. The Kier molecular flexibility index (Phi) is 9.31. The van der Waals surface area contributed by atoms with Crippen molar-refractivity contribution >= 4 is 17.4 Å². The summed E-state index contributed by atoms with van der Waals surface area (Å²) in [5.41, 5.74) is 0. The standard InChI is InChI=1S/C11H28O5Si2/c1-7-14-18(15-8-2,16-9-3)11-10-17(6,12-4)13-5/h7-11H2,1-6H3. The van der Waals surface area contributed by atoms with Gasteiger partial charge in [-0.3, -0.25) is 0 Å². The highest BCUT2D eigenvalue weighted by Gasteiger charge is 2.44. The molecule has 0 aromatic rings. The highest BCUT2D eigenvalue weighted by atomic mass is 28.4. The molecule has 0 atom stereocenters. The van der Waals surface area contributed by atoms with E-state index in [9.17, 15) is 0 Å². The van der Waals surface area contributed by atoms with Crippen LogP contribution in [0.1, 0.15) is 20.8 Å². The molecular formula is C11H28O5Si2. The van der Waals surface area contributed by atoms with Crippen molar-refractivity contribution in [3.8, 4) is 0 Å². The van der Waals surface area contributed by atoms with Crippen LogP contribution in [0.5, 0.6) is 0 Å². The van der Waals surface area contributed by atoms with Gasteiger partial charge >= 0.3 is 17.4 Å². The van der Waals surface area contributed by atoms with Crippen molar-refractivity contribution in [2.24, 2.45) is 0 Å². The molecule has 0 heterocycles. The van der Waals surface area contributed by atoms with Gasteiger partial charge in [-0.1, -0.05) is 0 Å². The maximum absolute atomic E-state index is 5.80. The van der Waals surface area contributed by atoms with Crippen LogP contribution in [-0.4, -0.2) is 51.4 Å². The zero-order valence-corrected chi connectivity index (χ0v) is 14.6. The molecule has 0 aromatic heterocycles. The fourth-order valence-electron chi connectivity index (χ4n) is 1.67. The van der Waals surface area contributed by atoms with E-state index in [0.717, 1.165) is 12.1 Å². The smallest absolute Gasteiger partial charge is 0.398 e. The van der Waals surface area contributed by atoms with Crippen molar-refractivity contribution in [1.82, 2.24) is 0 Å². The quantitative estimate of drug-likeness (QED) is 0.548. The molecule has 0 amide bonds. The second-order valence-electron chi connectivity index (χ2n) is 4.02. The molecule has 0 aliphatic heterocycles. The summed E-state index contributed by atoms with van der Waals surface area (Å²) in [6.07, 6.45) is 0. The molecule has 0 rings (SSSR count). The third-order valence-corrected chi connectivity index (χ3v) is 9.27. The summed E-state index contributed by atoms with van der Waals surface area (Å²) < 4.78 is 28.4. The first-order valence-corrected chi connectivity index (χ1v) is 11.0. The number of rotatable bonds is 11. The highest BCUT2D eigenvalue weighted by Crippen LogP contribution is 2.24. The molecule has 5 nitrogen and oxygen atoms in total. The van der Waals surface area contributed by atoms with Crippen LogP contribution in [0.4, 0.5) is 0 Å². The predicted octanol–water partition coefficient (Wildman–Crippen LogP) is 2.40. The molecule has 0 spiro atoms. The van der Waals surface area contributed by atoms with Gasteiger partial charge in [0.15, 0.2) is 0 Å². The van der Waals surface area contributed by atoms with Crippen LogP contribution in [0, 0.1) is 0 Å². The zero-order valence-electron chi connectivity index (χ0n) is 12.6. The maximum atomic E-state index is 5.80. The van der Waals surface area contributed by atoms with Gasteiger partial charge in [0, 0.05) is 40.1 Å². The van der Waals surface area contributed by atoms with Gasteiger partial charge in [0.1, 0.15) is 0 Å². The molecule has 0 aliphatic rings. The Balaban J connectivity index is 4.64. The Labute approximate surface area is 113 Å². The van der Waals surface area contributed by atoms with E-state index in [-0.39, 0.29) is 0 Å². The second-order valence-corrected chi connectivity index (χ2v) is 10.3. The van der Waals surface area contributed by atoms with Gasteiger partial charge in [0.25, 0.3) is 0 Å². The van der Waals surface area contributed by atoms with E-state index < -0.39 is 17.4 Å². The lowest BCUT2D eigenvalue weighted by Crippen LogP contribution is -2.48. The first kappa shape index (κ1) is 18.2. The van der Waals surface area contributed by atoms with Crippen molar-refractivity contribution in [2.45, 2.75) is 39.4 Å². The van der Waals surface area contributed by atoms with E-state index >= 15 is 0 Å². The van der Waals surface area contributed by atoms with E-state index in [1.54, 1.807) is 14.2 Å². The number of hydrogen-bond donors (Lipinski definition) is 0. The summed E-state index contributed by atoms with van der Waals surface area (Å²) in [5.74, 6) is 0. The largest absolute Gasteiger partial charge is 0.500 e. The maximum Gasteiger partial charge on any atom is 0.500 e. The SMILES string of the molecule is CCO[Si](CC[Si](C)(OC)OC)(OCC)OCC. The topological polar surface area (TPSA) is 46.2 Å². The van der Waals surface area contributed by atoms with Crippen LogP contribution in [0.15, 0.2) is 0 Å². The molecule has 0 N–H and O–H groups in total. The van der Waals surface area contributed by atoms with E-state index in [4.69, 9.17) is 22.1 Å². The molecule has 0 aromatic carbocycles. The third-order valence-electron chi connectivity index (χ3n) is 2.84. The van der Waals surface area contributed by atoms with Crippen LogP contribution < -0.4 is 0 Å². The van der Waals surface area contributed by atoms with Gasteiger partial charge in [0.05, 0.1) is 0 Å². The van der Waals surface area contributed by atoms with E-state index in [1.807, 2.05) is 27.3 Å². The van der Waals surface area contributed by atoms with Crippen molar-refractivity contribution in [1.29, 1.82) is 0 Å². The van der Waals surface area contributed by atoms with Crippen LogP contribution in [0.2, 0.25) is 18.6 Å². The van der Waals surface area contributed by atoms with Gasteiger partial charge in [0.2, 0.25) is 0 Å². The molecule has 0 bridgehead atoms. The Bertz CT molecular complexity index is 195. The first-order chi connectivity index (χ1) is 8.51. The first-order valence-electron chi connectivity index (χ1n) is 6.53. The van der Waals surface area contributed by atoms with Crippen molar-refractivity contribution in [3.63, 3.8) is 0 Å².